The molecule has 1 atom stereocenters. The van der Waals surface area contributed by atoms with Crippen LogP contribution in [0.5, 0.6) is 0 Å². The van der Waals surface area contributed by atoms with Crippen LogP contribution < -0.4 is 11.1 Å². The zero-order valence-electron chi connectivity index (χ0n) is 17.2. The Hall–Kier alpha value is -2.74. The van der Waals surface area contributed by atoms with E-state index < -0.39 is 0 Å². The lowest BCUT2D eigenvalue weighted by atomic mass is 10.1. The molecule has 150 valence electrons. The van der Waals surface area contributed by atoms with Crippen LogP contribution in [0, 0.1) is 26.7 Å². The minimum atomic E-state index is -0.253. The molecule has 8 heteroatoms. The second-order valence-corrected chi connectivity index (χ2v) is 7.63. The van der Waals surface area contributed by atoms with Crippen LogP contribution in [0.3, 0.4) is 0 Å². The number of nitrogens with zero attached hydrogens (tertiary/aromatic N) is 4. The van der Waals surface area contributed by atoms with Crippen molar-refractivity contribution in [1.29, 1.82) is 0 Å². The summed E-state index contributed by atoms with van der Waals surface area (Å²) < 4.78 is 1.60. The van der Waals surface area contributed by atoms with E-state index in [1.807, 2.05) is 19.9 Å². The van der Waals surface area contributed by atoms with Crippen molar-refractivity contribution in [1.82, 2.24) is 30.0 Å². The average Bonchev–Trinajstić information content (AvgIpc) is 3.21. The lowest BCUT2D eigenvalue weighted by Crippen LogP contribution is -2.32. The van der Waals surface area contributed by atoms with Crippen LogP contribution in [0.25, 0.3) is 11.0 Å². The van der Waals surface area contributed by atoms with Crippen molar-refractivity contribution in [2.45, 2.75) is 53.6 Å². The van der Waals surface area contributed by atoms with E-state index in [1.54, 1.807) is 11.6 Å². The van der Waals surface area contributed by atoms with Gasteiger partial charge in [0.2, 0.25) is 5.91 Å². The molecule has 0 unspecified atom stereocenters. The number of carbonyl (C=O) groups excluding carboxylic acids is 1. The molecule has 2 heterocycles. The molecule has 3 rings (SSSR count). The number of aromatic amines is 1. The fourth-order valence-corrected chi connectivity index (χ4v) is 3.13. The number of fused-ring (bicyclic) bond motifs is 1. The quantitative estimate of drug-likeness (QED) is 0.578. The monoisotopic (exact) mass is 383 g/mol. The standard InChI is InChI=1S/C20H29N7O/c1-11(2)18(21)20-23-14(5)26-27(20)10-17(28)22-9-8-16-24-15-7-6-12(3)13(4)19(15)25-16/h6-7,11,18H,8-10,21H2,1-5H3,(H,22,28)(H,24,25)/t18-/m0/s1. The number of aryl methyl sites for hydroxylation is 3. The highest BCUT2D eigenvalue weighted by Gasteiger charge is 2.20. The average molecular weight is 384 g/mol. The summed E-state index contributed by atoms with van der Waals surface area (Å²) in [6, 6.07) is 3.87. The van der Waals surface area contributed by atoms with Crippen LogP contribution in [0.15, 0.2) is 12.1 Å². The Morgan fingerprint density at radius 2 is 2.00 bits per heavy atom. The molecule has 0 radical (unpaired) electrons. The van der Waals surface area contributed by atoms with Crippen molar-refractivity contribution in [3.05, 3.63) is 40.7 Å². The van der Waals surface area contributed by atoms with Crippen LogP contribution >= 0.6 is 0 Å². The summed E-state index contributed by atoms with van der Waals surface area (Å²) in [6.07, 6.45) is 0.633. The Balaban J connectivity index is 1.59. The van der Waals surface area contributed by atoms with Crippen LogP contribution in [0.2, 0.25) is 0 Å². The summed E-state index contributed by atoms with van der Waals surface area (Å²) in [4.78, 5) is 24.7. The Bertz CT molecular complexity index is 986. The fourth-order valence-electron chi connectivity index (χ4n) is 3.13. The number of amides is 1. The number of nitrogens with one attached hydrogen (secondary N) is 2. The van der Waals surface area contributed by atoms with Crippen molar-refractivity contribution < 1.29 is 4.79 Å². The van der Waals surface area contributed by atoms with Gasteiger partial charge in [0, 0.05) is 13.0 Å². The number of carbonyl (C=O) groups is 1. The maximum Gasteiger partial charge on any atom is 0.241 e. The molecule has 4 N–H and O–H groups in total. The van der Waals surface area contributed by atoms with Gasteiger partial charge in [-0.1, -0.05) is 19.9 Å². The lowest BCUT2D eigenvalue weighted by Gasteiger charge is -2.15. The molecule has 1 aromatic carbocycles. The van der Waals surface area contributed by atoms with E-state index in [-0.39, 0.29) is 24.4 Å². The largest absolute Gasteiger partial charge is 0.354 e. The SMILES string of the molecule is Cc1nc([C@@H](N)C(C)C)n(CC(=O)NCCc2nc3c(C)c(C)ccc3[nH]2)n1. The molecular weight excluding hydrogens is 354 g/mol. The van der Waals surface area contributed by atoms with Crippen LogP contribution in [0.4, 0.5) is 0 Å². The van der Waals surface area contributed by atoms with Gasteiger partial charge in [0.05, 0.1) is 17.1 Å². The molecular formula is C20H29N7O. The molecule has 2 aromatic heterocycles. The summed E-state index contributed by atoms with van der Waals surface area (Å²) in [5, 5.41) is 7.24. The van der Waals surface area contributed by atoms with Gasteiger partial charge >= 0.3 is 0 Å². The molecule has 0 saturated carbocycles. The maximum atomic E-state index is 12.4. The first-order valence-corrected chi connectivity index (χ1v) is 9.64. The number of benzene rings is 1. The van der Waals surface area contributed by atoms with Gasteiger partial charge in [-0.25, -0.2) is 14.6 Å². The first kappa shape index (κ1) is 20.0. The van der Waals surface area contributed by atoms with Gasteiger partial charge in [-0.3, -0.25) is 4.79 Å². The predicted octanol–water partition coefficient (Wildman–Crippen LogP) is 2.09. The minimum Gasteiger partial charge on any atom is -0.354 e. The number of imidazole rings is 1. The zero-order valence-corrected chi connectivity index (χ0v) is 17.2. The van der Waals surface area contributed by atoms with E-state index in [0.717, 1.165) is 16.9 Å². The van der Waals surface area contributed by atoms with Crippen molar-refractivity contribution in [2.75, 3.05) is 6.54 Å². The topological polar surface area (TPSA) is 115 Å². The first-order chi connectivity index (χ1) is 13.3. The molecule has 0 aliphatic heterocycles. The Labute approximate surface area is 164 Å². The minimum absolute atomic E-state index is 0.106. The number of aromatic nitrogens is 5. The maximum absolute atomic E-state index is 12.4. The summed E-state index contributed by atoms with van der Waals surface area (Å²) in [5.74, 6) is 2.22. The summed E-state index contributed by atoms with van der Waals surface area (Å²) in [7, 11) is 0. The van der Waals surface area contributed by atoms with Crippen molar-refractivity contribution >= 4 is 16.9 Å². The fraction of sp³-hybridized carbons (Fsp3) is 0.500. The number of H-pyrrole nitrogens is 1. The number of hydrogen-bond acceptors (Lipinski definition) is 5. The lowest BCUT2D eigenvalue weighted by molar-refractivity contribution is -0.121. The molecule has 0 aliphatic carbocycles. The van der Waals surface area contributed by atoms with E-state index in [9.17, 15) is 4.79 Å². The first-order valence-electron chi connectivity index (χ1n) is 9.64. The molecule has 0 spiro atoms. The van der Waals surface area contributed by atoms with Gasteiger partial charge < -0.3 is 16.0 Å². The second-order valence-electron chi connectivity index (χ2n) is 7.63. The number of hydrogen-bond donors (Lipinski definition) is 3. The third kappa shape index (κ3) is 4.22. The van der Waals surface area contributed by atoms with Gasteiger partial charge in [-0.15, -0.1) is 0 Å². The highest BCUT2D eigenvalue weighted by molar-refractivity contribution is 5.80. The molecule has 0 aliphatic rings. The zero-order chi connectivity index (χ0) is 20.4. The number of rotatable bonds is 7. The normalized spacial score (nSPS) is 12.7. The smallest absolute Gasteiger partial charge is 0.241 e. The van der Waals surface area contributed by atoms with Crippen molar-refractivity contribution in [2.24, 2.45) is 11.7 Å². The van der Waals surface area contributed by atoms with Gasteiger partial charge in [0.25, 0.3) is 0 Å². The molecule has 0 fully saturated rings. The highest BCUT2D eigenvalue weighted by atomic mass is 16.2. The second kappa shape index (κ2) is 8.10. The molecule has 3 aromatic rings. The summed E-state index contributed by atoms with van der Waals surface area (Å²) >= 11 is 0. The van der Waals surface area contributed by atoms with Gasteiger partial charge in [0.1, 0.15) is 24.0 Å². The highest BCUT2D eigenvalue weighted by Crippen LogP contribution is 2.19. The van der Waals surface area contributed by atoms with Gasteiger partial charge in [-0.2, -0.15) is 5.10 Å². The molecule has 0 saturated heterocycles. The molecule has 8 nitrogen and oxygen atoms in total. The van der Waals surface area contributed by atoms with E-state index in [0.29, 0.717) is 24.6 Å². The van der Waals surface area contributed by atoms with E-state index in [2.05, 4.69) is 45.3 Å². The summed E-state index contributed by atoms with van der Waals surface area (Å²) in [6.45, 7) is 10.6. The van der Waals surface area contributed by atoms with E-state index in [4.69, 9.17) is 5.73 Å². The van der Waals surface area contributed by atoms with E-state index in [1.165, 1.54) is 11.1 Å². The van der Waals surface area contributed by atoms with Gasteiger partial charge in [-0.05, 0) is 43.9 Å². The van der Waals surface area contributed by atoms with Crippen LogP contribution in [-0.2, 0) is 17.8 Å². The van der Waals surface area contributed by atoms with Crippen molar-refractivity contribution in [3.8, 4) is 0 Å². The number of nitrogens with two attached hydrogens (primary N) is 1. The Morgan fingerprint density at radius 1 is 1.25 bits per heavy atom. The third-order valence-electron chi connectivity index (χ3n) is 5.03. The molecule has 1 amide bonds. The third-order valence-corrected chi connectivity index (χ3v) is 5.03. The molecule has 28 heavy (non-hydrogen) atoms. The van der Waals surface area contributed by atoms with Crippen LogP contribution in [0.1, 0.15) is 48.5 Å². The molecule has 0 bridgehead atoms. The Kier molecular flexibility index (Phi) is 5.79. The van der Waals surface area contributed by atoms with Gasteiger partial charge in [0.15, 0.2) is 0 Å². The van der Waals surface area contributed by atoms with E-state index >= 15 is 0 Å². The predicted molar refractivity (Wildman–Crippen MR) is 109 cm³/mol. The summed E-state index contributed by atoms with van der Waals surface area (Å²) in [5.41, 5.74) is 10.6. The van der Waals surface area contributed by atoms with Crippen LogP contribution in [-0.4, -0.2) is 37.2 Å². The Morgan fingerprint density at radius 3 is 2.71 bits per heavy atom. The van der Waals surface area contributed by atoms with Crippen molar-refractivity contribution in [3.63, 3.8) is 0 Å².